The van der Waals surface area contributed by atoms with Crippen molar-refractivity contribution >= 4 is 41.3 Å². The van der Waals surface area contributed by atoms with Gasteiger partial charge in [-0.15, -0.1) is 0 Å². The maximum absolute atomic E-state index is 13.1. The van der Waals surface area contributed by atoms with Crippen LogP contribution in [0.1, 0.15) is 20.7 Å². The lowest BCUT2D eigenvalue weighted by molar-refractivity contribution is -0.384. The van der Waals surface area contributed by atoms with Gasteiger partial charge in [0.2, 0.25) is 0 Å². The largest absolute Gasteiger partial charge is 0.480 e. The van der Waals surface area contributed by atoms with E-state index in [4.69, 9.17) is 0 Å². The molecule has 2 saturated heterocycles. The Hall–Kier alpha value is -5.42. The van der Waals surface area contributed by atoms with E-state index in [2.05, 4.69) is 21.3 Å². The number of amides is 4. The number of nitrogens with one attached hydrogen (secondary N) is 4. The van der Waals surface area contributed by atoms with Crippen LogP contribution in [0, 0.1) is 10.1 Å². The van der Waals surface area contributed by atoms with E-state index in [0.717, 1.165) is 17.0 Å². The smallest absolute Gasteiger partial charge is 0.329 e. The minimum Gasteiger partial charge on any atom is -0.480 e. The highest BCUT2D eigenvalue weighted by atomic mass is 16.6. The summed E-state index contributed by atoms with van der Waals surface area (Å²) in [6, 6.07) is 8.33. The van der Waals surface area contributed by atoms with Gasteiger partial charge in [0.1, 0.15) is 0 Å². The monoisotopic (exact) mass is 597 g/mol. The number of nitrogens with zero attached hydrogens (tertiary/aromatic N) is 3. The van der Waals surface area contributed by atoms with Crippen LogP contribution < -0.4 is 21.3 Å². The van der Waals surface area contributed by atoms with E-state index >= 15 is 0 Å². The van der Waals surface area contributed by atoms with Crippen LogP contribution >= 0.6 is 0 Å². The Bertz CT molecular complexity index is 1440. The van der Waals surface area contributed by atoms with E-state index in [-0.39, 0.29) is 43.0 Å². The Balaban J connectivity index is 1.47. The SMILES string of the molecule is O=C(O)C(NC(=O)C1NCCN1C(=O)c1ccccc1)C(NC(=O)C1NCCN1C(=O)c1ccc([N+](=O)[O-])cc1)C(=O)O. The Kier molecular flexibility index (Phi) is 9.26. The Labute approximate surface area is 243 Å². The number of carbonyl (C=O) groups is 6. The molecule has 0 saturated carbocycles. The lowest BCUT2D eigenvalue weighted by Gasteiger charge is -2.29. The molecular formula is C26H27N7O10. The third kappa shape index (κ3) is 6.74. The van der Waals surface area contributed by atoms with E-state index in [1.807, 2.05) is 0 Å². The molecule has 226 valence electrons. The molecule has 17 nitrogen and oxygen atoms in total. The van der Waals surface area contributed by atoms with E-state index in [1.54, 1.807) is 30.3 Å². The number of carboxylic acids is 2. The average molecular weight is 598 g/mol. The Morgan fingerprint density at radius 2 is 1.16 bits per heavy atom. The van der Waals surface area contributed by atoms with Gasteiger partial charge in [0, 0.05) is 49.4 Å². The van der Waals surface area contributed by atoms with Crippen LogP contribution in [0.3, 0.4) is 0 Å². The molecule has 0 bridgehead atoms. The van der Waals surface area contributed by atoms with Crippen LogP contribution in [0.25, 0.3) is 0 Å². The van der Waals surface area contributed by atoms with Crippen molar-refractivity contribution in [3.8, 4) is 0 Å². The summed E-state index contributed by atoms with van der Waals surface area (Å²) in [5, 5.41) is 40.2. The summed E-state index contributed by atoms with van der Waals surface area (Å²) in [6.07, 6.45) is -2.73. The van der Waals surface area contributed by atoms with Crippen LogP contribution in [-0.4, -0.2) is 111 Å². The van der Waals surface area contributed by atoms with Gasteiger partial charge in [-0.05, 0) is 24.3 Å². The van der Waals surface area contributed by atoms with Crippen molar-refractivity contribution in [2.24, 2.45) is 0 Å². The summed E-state index contributed by atoms with van der Waals surface area (Å²) in [5.41, 5.74) is 0.0550. The summed E-state index contributed by atoms with van der Waals surface area (Å²) in [4.78, 5) is 88.9. The minimum absolute atomic E-state index is 0.0172. The first-order chi connectivity index (χ1) is 20.5. The predicted octanol–water partition coefficient (Wildman–Crippen LogP) is -1.82. The molecule has 4 rings (SSSR count). The summed E-state index contributed by atoms with van der Waals surface area (Å²) in [5.74, 6) is -6.84. The fourth-order valence-electron chi connectivity index (χ4n) is 4.71. The van der Waals surface area contributed by atoms with Gasteiger partial charge >= 0.3 is 11.9 Å². The first kappa shape index (κ1) is 30.5. The topological polar surface area (TPSA) is 241 Å². The number of rotatable bonds is 10. The van der Waals surface area contributed by atoms with Crippen LogP contribution in [0.5, 0.6) is 0 Å². The second kappa shape index (κ2) is 13.0. The fraction of sp³-hybridized carbons (Fsp3) is 0.308. The third-order valence-corrected chi connectivity index (χ3v) is 6.83. The quantitative estimate of drug-likeness (QED) is 0.131. The van der Waals surface area contributed by atoms with E-state index in [9.17, 15) is 49.1 Å². The van der Waals surface area contributed by atoms with Gasteiger partial charge in [-0.2, -0.15) is 0 Å². The fourth-order valence-corrected chi connectivity index (χ4v) is 4.71. The molecule has 0 aromatic heterocycles. The molecule has 4 unspecified atom stereocenters. The van der Waals surface area contributed by atoms with Crippen LogP contribution in [0.15, 0.2) is 54.6 Å². The summed E-state index contributed by atoms with van der Waals surface area (Å²) in [7, 11) is 0. The molecule has 2 aliphatic heterocycles. The lowest BCUT2D eigenvalue weighted by Crippen LogP contribution is -2.64. The number of hydrogen-bond donors (Lipinski definition) is 6. The maximum Gasteiger partial charge on any atom is 0.329 e. The number of nitro groups is 1. The molecule has 43 heavy (non-hydrogen) atoms. The average Bonchev–Trinajstić information content (AvgIpc) is 3.69. The van der Waals surface area contributed by atoms with E-state index in [0.29, 0.717) is 0 Å². The van der Waals surface area contributed by atoms with Crippen molar-refractivity contribution < 1.29 is 43.9 Å². The van der Waals surface area contributed by atoms with E-state index in [1.165, 1.54) is 17.0 Å². The number of benzene rings is 2. The molecule has 2 aromatic rings. The molecule has 2 aromatic carbocycles. The Morgan fingerprint density at radius 3 is 1.56 bits per heavy atom. The molecule has 2 aliphatic rings. The summed E-state index contributed by atoms with van der Waals surface area (Å²) >= 11 is 0. The van der Waals surface area contributed by atoms with Gasteiger partial charge in [-0.25, -0.2) is 9.59 Å². The van der Waals surface area contributed by atoms with Crippen LogP contribution in [0.4, 0.5) is 5.69 Å². The van der Waals surface area contributed by atoms with Crippen molar-refractivity contribution in [3.05, 3.63) is 75.8 Å². The van der Waals surface area contributed by atoms with Gasteiger partial charge in [0.05, 0.1) is 4.92 Å². The number of carbonyl (C=O) groups excluding carboxylic acids is 4. The predicted molar refractivity (Wildman–Crippen MR) is 144 cm³/mol. The highest BCUT2D eigenvalue weighted by Gasteiger charge is 2.43. The van der Waals surface area contributed by atoms with Crippen molar-refractivity contribution in [3.63, 3.8) is 0 Å². The zero-order valence-corrected chi connectivity index (χ0v) is 22.3. The van der Waals surface area contributed by atoms with Gasteiger partial charge in [0.15, 0.2) is 24.4 Å². The van der Waals surface area contributed by atoms with Gasteiger partial charge in [-0.1, -0.05) is 18.2 Å². The first-order valence-corrected chi connectivity index (χ1v) is 12.9. The number of hydrogen-bond acceptors (Lipinski definition) is 10. The normalized spacial score (nSPS) is 19.3. The third-order valence-electron chi connectivity index (χ3n) is 6.83. The molecule has 2 fully saturated rings. The number of aliphatic carboxylic acids is 2. The first-order valence-electron chi connectivity index (χ1n) is 12.9. The van der Waals surface area contributed by atoms with Crippen LogP contribution in [0.2, 0.25) is 0 Å². The number of non-ortho nitro benzene ring substituents is 1. The molecule has 4 atom stereocenters. The molecular weight excluding hydrogens is 570 g/mol. The van der Waals surface area contributed by atoms with E-state index < -0.39 is 64.9 Å². The number of carboxylic acid groups (broad SMARTS) is 2. The van der Waals surface area contributed by atoms with Gasteiger partial charge in [0.25, 0.3) is 29.3 Å². The zero-order valence-electron chi connectivity index (χ0n) is 22.3. The minimum atomic E-state index is -2.17. The molecule has 0 spiro atoms. The molecule has 0 aliphatic carbocycles. The van der Waals surface area contributed by atoms with Crippen molar-refractivity contribution in [1.82, 2.24) is 31.1 Å². The summed E-state index contributed by atoms with van der Waals surface area (Å²) in [6.45, 7) is 0.476. The second-order valence-electron chi connectivity index (χ2n) is 9.53. The lowest BCUT2D eigenvalue weighted by atomic mass is 10.1. The molecule has 6 N–H and O–H groups in total. The van der Waals surface area contributed by atoms with Gasteiger partial charge < -0.3 is 30.6 Å². The summed E-state index contributed by atoms with van der Waals surface area (Å²) < 4.78 is 0. The molecule has 17 heteroatoms. The number of nitro benzene ring substituents is 1. The Morgan fingerprint density at radius 1 is 0.744 bits per heavy atom. The van der Waals surface area contributed by atoms with Gasteiger partial charge in [-0.3, -0.25) is 39.9 Å². The van der Waals surface area contributed by atoms with Crippen molar-refractivity contribution in [2.45, 2.75) is 24.4 Å². The second-order valence-corrected chi connectivity index (χ2v) is 9.53. The van der Waals surface area contributed by atoms with Crippen LogP contribution in [-0.2, 0) is 19.2 Å². The van der Waals surface area contributed by atoms with Crippen molar-refractivity contribution in [1.29, 1.82) is 0 Å². The highest BCUT2D eigenvalue weighted by Crippen LogP contribution is 2.17. The molecule has 2 heterocycles. The standard InChI is InChI=1S/C26H27N7O10/c34-21(19-27-10-12-31(19)23(36)14-4-2-1-3-5-14)29-17(25(38)39)18(26(40)41)30-22(35)20-28-11-13-32(20)24(37)15-6-8-16(9-7-15)33(42)43/h1-9,17-20,27-28H,10-13H2,(H,29,34)(H,30,35)(H,38,39)(H,40,41). The maximum atomic E-state index is 13.1. The highest BCUT2D eigenvalue weighted by molar-refractivity contribution is 6.00. The molecule has 0 radical (unpaired) electrons. The van der Waals surface area contributed by atoms with Crippen molar-refractivity contribution in [2.75, 3.05) is 26.2 Å². The zero-order chi connectivity index (χ0) is 31.3. The molecule has 4 amide bonds.